The van der Waals surface area contributed by atoms with Crippen LogP contribution in [-0.4, -0.2) is 42.9 Å². The van der Waals surface area contributed by atoms with Gasteiger partial charge in [0.25, 0.3) is 0 Å². The Morgan fingerprint density at radius 1 is 1.25 bits per heavy atom. The molecule has 8 heteroatoms. The van der Waals surface area contributed by atoms with Crippen molar-refractivity contribution in [1.82, 2.24) is 10.2 Å². The Kier molecular flexibility index (Phi) is 7.04. The molecule has 1 fully saturated rings. The van der Waals surface area contributed by atoms with Crippen molar-refractivity contribution in [3.05, 3.63) is 51.2 Å². The SMILES string of the molecule is N#Cc1ccc(Cl)cc1NC(=O)C(=O)NCCN1CCC(c2cccs2)CC1. The van der Waals surface area contributed by atoms with Gasteiger partial charge in [0.05, 0.1) is 11.3 Å². The zero-order chi connectivity index (χ0) is 19.9. The number of hydrogen-bond acceptors (Lipinski definition) is 5. The highest BCUT2D eigenvalue weighted by Gasteiger charge is 2.21. The second-order valence-electron chi connectivity index (χ2n) is 6.64. The lowest BCUT2D eigenvalue weighted by Crippen LogP contribution is -2.42. The van der Waals surface area contributed by atoms with Gasteiger partial charge in [0.15, 0.2) is 0 Å². The Morgan fingerprint density at radius 3 is 2.71 bits per heavy atom. The number of nitriles is 1. The normalized spacial score (nSPS) is 15.0. The first-order valence-electron chi connectivity index (χ1n) is 9.11. The van der Waals surface area contributed by atoms with E-state index in [1.165, 1.54) is 17.0 Å². The van der Waals surface area contributed by atoms with E-state index in [-0.39, 0.29) is 11.3 Å². The van der Waals surface area contributed by atoms with Crippen molar-refractivity contribution in [2.24, 2.45) is 0 Å². The third-order valence-electron chi connectivity index (χ3n) is 4.80. The van der Waals surface area contributed by atoms with E-state index in [1.807, 2.05) is 17.4 Å². The highest BCUT2D eigenvalue weighted by atomic mass is 35.5. The number of nitrogens with one attached hydrogen (secondary N) is 2. The number of likely N-dealkylation sites (tertiary alicyclic amines) is 1. The smallest absolute Gasteiger partial charge is 0.313 e. The van der Waals surface area contributed by atoms with Gasteiger partial charge in [-0.15, -0.1) is 11.3 Å². The molecule has 2 aromatic rings. The zero-order valence-corrected chi connectivity index (χ0v) is 16.9. The fourth-order valence-corrected chi connectivity index (χ4v) is 4.34. The highest BCUT2D eigenvalue weighted by Crippen LogP contribution is 2.30. The first kappa shape index (κ1) is 20.3. The Bertz CT molecular complexity index is 871. The molecular weight excluding hydrogens is 396 g/mol. The molecule has 28 heavy (non-hydrogen) atoms. The monoisotopic (exact) mass is 416 g/mol. The maximum absolute atomic E-state index is 12.1. The summed E-state index contributed by atoms with van der Waals surface area (Å²) in [7, 11) is 0. The number of carbonyl (C=O) groups excluding carboxylic acids is 2. The van der Waals surface area contributed by atoms with Crippen molar-refractivity contribution in [2.45, 2.75) is 18.8 Å². The lowest BCUT2D eigenvalue weighted by molar-refractivity contribution is -0.136. The molecule has 2 N–H and O–H groups in total. The average Bonchev–Trinajstić information content (AvgIpc) is 3.23. The summed E-state index contributed by atoms with van der Waals surface area (Å²) < 4.78 is 0. The van der Waals surface area contributed by atoms with Crippen LogP contribution in [0.3, 0.4) is 0 Å². The van der Waals surface area contributed by atoms with Crippen LogP contribution < -0.4 is 10.6 Å². The van der Waals surface area contributed by atoms with Crippen molar-refractivity contribution < 1.29 is 9.59 Å². The molecule has 1 aromatic heterocycles. The number of benzene rings is 1. The van der Waals surface area contributed by atoms with Crippen molar-refractivity contribution >= 4 is 40.4 Å². The second-order valence-corrected chi connectivity index (χ2v) is 8.06. The van der Waals surface area contributed by atoms with Crippen LogP contribution in [0.1, 0.15) is 29.2 Å². The molecule has 0 bridgehead atoms. The molecule has 1 aliphatic rings. The van der Waals surface area contributed by atoms with Crippen LogP contribution in [-0.2, 0) is 9.59 Å². The van der Waals surface area contributed by atoms with Crippen molar-refractivity contribution in [3.8, 4) is 6.07 Å². The Labute approximate surface area is 173 Å². The van der Waals surface area contributed by atoms with Crippen LogP contribution in [0, 0.1) is 11.3 Å². The van der Waals surface area contributed by atoms with E-state index in [1.54, 1.807) is 6.07 Å². The Morgan fingerprint density at radius 2 is 2.04 bits per heavy atom. The van der Waals surface area contributed by atoms with Crippen LogP contribution in [0.4, 0.5) is 5.69 Å². The number of thiophene rings is 1. The predicted molar refractivity (Wildman–Crippen MR) is 111 cm³/mol. The highest BCUT2D eigenvalue weighted by molar-refractivity contribution is 7.10. The number of halogens is 1. The first-order chi connectivity index (χ1) is 13.6. The molecule has 146 valence electrons. The molecule has 0 radical (unpaired) electrons. The fourth-order valence-electron chi connectivity index (χ4n) is 3.27. The number of anilines is 1. The summed E-state index contributed by atoms with van der Waals surface area (Å²) in [6.45, 7) is 3.07. The van der Waals surface area contributed by atoms with Gasteiger partial charge in [0.1, 0.15) is 6.07 Å². The van der Waals surface area contributed by atoms with E-state index in [9.17, 15) is 9.59 Å². The topological polar surface area (TPSA) is 85.2 Å². The minimum Gasteiger partial charge on any atom is -0.347 e. The van der Waals surface area contributed by atoms with E-state index in [2.05, 4.69) is 33.0 Å². The maximum atomic E-state index is 12.1. The van der Waals surface area contributed by atoms with Gasteiger partial charge in [-0.05, 0) is 61.5 Å². The predicted octanol–water partition coefficient (Wildman–Crippen LogP) is 3.21. The number of rotatable bonds is 5. The molecule has 0 aliphatic carbocycles. The van der Waals surface area contributed by atoms with E-state index < -0.39 is 11.8 Å². The molecule has 2 heterocycles. The maximum Gasteiger partial charge on any atom is 0.313 e. The number of amides is 2. The van der Waals surface area contributed by atoms with Crippen LogP contribution in [0.15, 0.2) is 35.7 Å². The summed E-state index contributed by atoms with van der Waals surface area (Å²) in [4.78, 5) is 27.8. The molecular formula is C20H21ClN4O2S. The van der Waals surface area contributed by atoms with Gasteiger partial charge in [-0.2, -0.15) is 5.26 Å². The van der Waals surface area contributed by atoms with Gasteiger partial charge in [-0.3, -0.25) is 9.59 Å². The molecule has 1 aliphatic heterocycles. The molecule has 1 saturated heterocycles. The quantitative estimate of drug-likeness (QED) is 0.733. The largest absolute Gasteiger partial charge is 0.347 e. The summed E-state index contributed by atoms with van der Waals surface area (Å²) in [5.74, 6) is -0.906. The number of piperidine rings is 1. The minimum atomic E-state index is -0.810. The summed E-state index contributed by atoms with van der Waals surface area (Å²) in [6.07, 6.45) is 2.22. The van der Waals surface area contributed by atoms with Gasteiger partial charge in [-0.1, -0.05) is 17.7 Å². The van der Waals surface area contributed by atoms with Gasteiger partial charge in [0, 0.05) is 23.0 Å². The van der Waals surface area contributed by atoms with Gasteiger partial charge < -0.3 is 15.5 Å². The Hall–Kier alpha value is -2.40. The first-order valence-corrected chi connectivity index (χ1v) is 10.4. The van der Waals surface area contributed by atoms with Crippen LogP contribution >= 0.6 is 22.9 Å². The van der Waals surface area contributed by atoms with Gasteiger partial charge in [-0.25, -0.2) is 0 Å². The molecule has 2 amide bonds. The van der Waals surface area contributed by atoms with E-state index in [4.69, 9.17) is 16.9 Å². The summed E-state index contributed by atoms with van der Waals surface area (Å²) in [5, 5.41) is 16.6. The van der Waals surface area contributed by atoms with E-state index in [0.29, 0.717) is 24.0 Å². The third kappa shape index (κ3) is 5.32. The summed E-state index contributed by atoms with van der Waals surface area (Å²) in [5.41, 5.74) is 0.477. The van der Waals surface area contributed by atoms with Crippen LogP contribution in [0.2, 0.25) is 5.02 Å². The number of carbonyl (C=O) groups is 2. The van der Waals surface area contributed by atoms with Crippen molar-refractivity contribution in [2.75, 3.05) is 31.5 Å². The lowest BCUT2D eigenvalue weighted by Gasteiger charge is -2.31. The Balaban J connectivity index is 1.40. The zero-order valence-electron chi connectivity index (χ0n) is 15.3. The fraction of sp³-hybridized carbons (Fsp3) is 0.350. The van der Waals surface area contributed by atoms with Gasteiger partial charge >= 0.3 is 11.8 Å². The standard InChI is InChI=1S/C20H21ClN4O2S/c21-16-4-3-15(13-22)17(12-16)24-20(27)19(26)23-7-10-25-8-5-14(6-9-25)18-2-1-11-28-18/h1-4,11-12,14H,5-10H2,(H,23,26)(H,24,27). The summed E-state index contributed by atoms with van der Waals surface area (Å²) >= 11 is 7.69. The molecule has 0 saturated carbocycles. The van der Waals surface area contributed by atoms with Crippen molar-refractivity contribution in [1.29, 1.82) is 5.26 Å². The van der Waals surface area contributed by atoms with E-state index >= 15 is 0 Å². The molecule has 0 atom stereocenters. The van der Waals surface area contributed by atoms with Crippen molar-refractivity contribution in [3.63, 3.8) is 0 Å². The molecule has 0 unspecified atom stereocenters. The summed E-state index contributed by atoms with van der Waals surface area (Å²) in [6, 6.07) is 10.7. The third-order valence-corrected chi connectivity index (χ3v) is 6.07. The second kappa shape index (κ2) is 9.69. The molecule has 0 spiro atoms. The van der Waals surface area contributed by atoms with Crippen LogP contribution in [0.25, 0.3) is 0 Å². The molecule has 3 rings (SSSR count). The molecule has 6 nitrogen and oxygen atoms in total. The van der Waals surface area contributed by atoms with E-state index in [0.717, 1.165) is 25.9 Å². The number of hydrogen-bond donors (Lipinski definition) is 2. The average molecular weight is 417 g/mol. The number of nitrogens with zero attached hydrogens (tertiary/aromatic N) is 2. The minimum absolute atomic E-state index is 0.228. The molecule has 1 aromatic carbocycles. The lowest BCUT2D eigenvalue weighted by atomic mass is 9.95. The van der Waals surface area contributed by atoms with Crippen LogP contribution in [0.5, 0.6) is 0 Å². The van der Waals surface area contributed by atoms with Gasteiger partial charge in [0.2, 0.25) is 0 Å².